The molecule has 0 aliphatic heterocycles. The lowest BCUT2D eigenvalue weighted by atomic mass is 10.3. The molecule has 0 bridgehead atoms. The minimum atomic E-state index is -4.38. The van der Waals surface area contributed by atoms with E-state index in [1.54, 1.807) is 0 Å². The fraction of sp³-hybridized carbons (Fsp3) is 0.308. The van der Waals surface area contributed by atoms with Gasteiger partial charge in [0.1, 0.15) is 0 Å². The molecule has 0 saturated carbocycles. The molecule has 1 heterocycles. The SMILES string of the molecule is CSCc1noc(CNC(=O)Nc2cccc(SC(F)(F)F)c2)n1. The number of rotatable bonds is 6. The molecule has 2 amide bonds. The van der Waals surface area contributed by atoms with Gasteiger partial charge in [0.05, 0.1) is 12.3 Å². The molecular formula is C13H13F3N4O2S2. The van der Waals surface area contributed by atoms with Crippen molar-refractivity contribution in [3.05, 3.63) is 36.0 Å². The highest BCUT2D eigenvalue weighted by Crippen LogP contribution is 2.37. The third kappa shape index (κ3) is 6.32. The first-order chi connectivity index (χ1) is 11.4. The van der Waals surface area contributed by atoms with Gasteiger partial charge in [0.15, 0.2) is 5.82 Å². The Kier molecular flexibility index (Phi) is 6.37. The van der Waals surface area contributed by atoms with E-state index in [9.17, 15) is 18.0 Å². The number of nitrogens with one attached hydrogen (secondary N) is 2. The summed E-state index contributed by atoms with van der Waals surface area (Å²) in [5.74, 6) is 1.37. The van der Waals surface area contributed by atoms with Gasteiger partial charge in [-0.05, 0) is 36.2 Å². The molecule has 24 heavy (non-hydrogen) atoms. The van der Waals surface area contributed by atoms with Crippen LogP contribution < -0.4 is 10.6 Å². The van der Waals surface area contributed by atoms with E-state index in [4.69, 9.17) is 4.52 Å². The van der Waals surface area contributed by atoms with Gasteiger partial charge in [-0.2, -0.15) is 29.9 Å². The van der Waals surface area contributed by atoms with Crippen molar-refractivity contribution in [1.82, 2.24) is 15.5 Å². The van der Waals surface area contributed by atoms with Crippen molar-refractivity contribution in [2.75, 3.05) is 11.6 Å². The Morgan fingerprint density at radius 2 is 2.17 bits per heavy atom. The van der Waals surface area contributed by atoms with Crippen molar-refractivity contribution in [1.29, 1.82) is 0 Å². The molecule has 0 radical (unpaired) electrons. The molecular weight excluding hydrogens is 365 g/mol. The second kappa shape index (κ2) is 8.29. The quantitative estimate of drug-likeness (QED) is 0.743. The summed E-state index contributed by atoms with van der Waals surface area (Å²) in [6.07, 6.45) is 1.90. The lowest BCUT2D eigenvalue weighted by Gasteiger charge is -2.09. The molecule has 0 spiro atoms. The van der Waals surface area contributed by atoms with Crippen LogP contribution in [-0.4, -0.2) is 27.9 Å². The minimum absolute atomic E-state index is 0.0149. The van der Waals surface area contributed by atoms with E-state index in [-0.39, 0.29) is 34.8 Å². The van der Waals surface area contributed by atoms with Crippen LogP contribution >= 0.6 is 23.5 Å². The van der Waals surface area contributed by atoms with Gasteiger partial charge in [0, 0.05) is 10.6 Å². The first-order valence-corrected chi connectivity index (χ1v) is 8.78. The largest absolute Gasteiger partial charge is 0.446 e. The second-order valence-corrected chi connectivity index (χ2v) is 6.43. The van der Waals surface area contributed by atoms with Crippen molar-refractivity contribution >= 4 is 35.2 Å². The van der Waals surface area contributed by atoms with Crippen LogP contribution in [0.25, 0.3) is 0 Å². The van der Waals surface area contributed by atoms with E-state index >= 15 is 0 Å². The summed E-state index contributed by atoms with van der Waals surface area (Å²) in [6, 6.07) is 4.88. The smallest absolute Gasteiger partial charge is 0.337 e. The number of halogens is 3. The molecule has 2 aromatic rings. The zero-order chi connectivity index (χ0) is 17.6. The average molecular weight is 378 g/mol. The molecule has 0 unspecified atom stereocenters. The van der Waals surface area contributed by atoms with Gasteiger partial charge in [-0.3, -0.25) is 0 Å². The summed E-state index contributed by atoms with van der Waals surface area (Å²) in [5.41, 5.74) is -4.14. The molecule has 11 heteroatoms. The Morgan fingerprint density at radius 1 is 1.38 bits per heavy atom. The summed E-state index contributed by atoms with van der Waals surface area (Å²) < 4.78 is 42.0. The number of carbonyl (C=O) groups excluding carboxylic acids is 1. The van der Waals surface area contributed by atoms with E-state index in [0.29, 0.717) is 11.6 Å². The van der Waals surface area contributed by atoms with Gasteiger partial charge >= 0.3 is 11.5 Å². The average Bonchev–Trinajstić information content (AvgIpc) is 2.92. The first-order valence-electron chi connectivity index (χ1n) is 6.57. The summed E-state index contributed by atoms with van der Waals surface area (Å²) in [5, 5.41) is 8.66. The Morgan fingerprint density at radius 3 is 2.88 bits per heavy atom. The van der Waals surface area contributed by atoms with Gasteiger partial charge < -0.3 is 15.2 Å². The molecule has 130 valence electrons. The number of nitrogens with zero attached hydrogens (tertiary/aromatic N) is 2. The van der Waals surface area contributed by atoms with E-state index in [1.165, 1.54) is 36.0 Å². The molecule has 1 aromatic heterocycles. The number of anilines is 1. The molecule has 6 nitrogen and oxygen atoms in total. The van der Waals surface area contributed by atoms with E-state index < -0.39 is 11.5 Å². The number of thioether (sulfide) groups is 2. The van der Waals surface area contributed by atoms with Crippen LogP contribution in [0, 0.1) is 0 Å². The van der Waals surface area contributed by atoms with Crippen molar-refractivity contribution < 1.29 is 22.5 Å². The molecule has 0 aliphatic rings. The Bertz CT molecular complexity index is 694. The number of hydrogen-bond acceptors (Lipinski definition) is 6. The maximum absolute atomic E-state index is 12.3. The van der Waals surface area contributed by atoms with Crippen molar-refractivity contribution in [2.24, 2.45) is 0 Å². The maximum Gasteiger partial charge on any atom is 0.446 e. The third-order valence-electron chi connectivity index (χ3n) is 2.51. The Balaban J connectivity index is 1.86. The number of amides is 2. The zero-order valence-electron chi connectivity index (χ0n) is 12.4. The van der Waals surface area contributed by atoms with Crippen LogP contribution in [0.1, 0.15) is 11.7 Å². The number of urea groups is 1. The predicted molar refractivity (Wildman–Crippen MR) is 85.7 cm³/mol. The summed E-state index contributed by atoms with van der Waals surface area (Å²) >= 11 is 1.29. The second-order valence-electron chi connectivity index (χ2n) is 4.42. The number of alkyl halides is 3. The predicted octanol–water partition coefficient (Wildman–Crippen LogP) is 3.87. The van der Waals surface area contributed by atoms with Crippen molar-refractivity contribution in [2.45, 2.75) is 22.7 Å². The summed E-state index contributed by atoms with van der Waals surface area (Å²) in [4.78, 5) is 15.8. The van der Waals surface area contributed by atoms with E-state index in [1.807, 2.05) is 6.26 Å². The van der Waals surface area contributed by atoms with Crippen LogP contribution in [0.3, 0.4) is 0 Å². The minimum Gasteiger partial charge on any atom is -0.337 e. The maximum atomic E-state index is 12.3. The summed E-state index contributed by atoms with van der Waals surface area (Å²) in [7, 11) is 0. The molecule has 2 N–H and O–H groups in total. The topological polar surface area (TPSA) is 80.0 Å². The normalized spacial score (nSPS) is 11.3. The first kappa shape index (κ1) is 18.5. The lowest BCUT2D eigenvalue weighted by molar-refractivity contribution is -0.0328. The van der Waals surface area contributed by atoms with Crippen molar-refractivity contribution in [3.8, 4) is 0 Å². The fourth-order valence-electron chi connectivity index (χ4n) is 1.65. The Hall–Kier alpha value is -1.88. The molecule has 2 rings (SSSR count). The lowest BCUT2D eigenvalue weighted by Crippen LogP contribution is -2.28. The number of aromatic nitrogens is 2. The van der Waals surface area contributed by atoms with Gasteiger partial charge in [-0.1, -0.05) is 11.2 Å². The van der Waals surface area contributed by atoms with E-state index in [2.05, 4.69) is 20.8 Å². The van der Waals surface area contributed by atoms with Gasteiger partial charge in [-0.25, -0.2) is 4.79 Å². The van der Waals surface area contributed by atoms with Crippen molar-refractivity contribution in [3.63, 3.8) is 0 Å². The molecule has 0 fully saturated rings. The van der Waals surface area contributed by atoms with Crippen LogP contribution in [0.15, 0.2) is 33.7 Å². The van der Waals surface area contributed by atoms with Gasteiger partial charge in [0.2, 0.25) is 5.89 Å². The highest BCUT2D eigenvalue weighted by Gasteiger charge is 2.29. The molecule has 1 aromatic carbocycles. The Labute approximate surface area is 144 Å². The third-order valence-corrected chi connectivity index (χ3v) is 3.78. The highest BCUT2D eigenvalue weighted by molar-refractivity contribution is 8.00. The van der Waals surface area contributed by atoms with Crippen LogP contribution in [-0.2, 0) is 12.3 Å². The fourth-order valence-corrected chi connectivity index (χ4v) is 2.63. The number of carbonyl (C=O) groups is 1. The number of benzene rings is 1. The zero-order valence-corrected chi connectivity index (χ0v) is 14.0. The van der Waals surface area contributed by atoms with Crippen LogP contribution in [0.5, 0.6) is 0 Å². The molecule has 0 aliphatic carbocycles. The standard InChI is InChI=1S/C13H13F3N4O2S2/c1-23-7-10-19-11(22-20-10)6-17-12(21)18-8-3-2-4-9(5-8)24-13(14,15)16/h2-5H,6-7H2,1H3,(H2,17,18,21). The van der Waals surface area contributed by atoms with E-state index in [0.717, 1.165) is 0 Å². The molecule has 0 saturated heterocycles. The highest BCUT2D eigenvalue weighted by atomic mass is 32.2. The number of hydrogen-bond donors (Lipinski definition) is 2. The molecule has 0 atom stereocenters. The van der Waals surface area contributed by atoms with Crippen LogP contribution in [0.4, 0.5) is 23.7 Å². The monoisotopic (exact) mass is 378 g/mol. The van der Waals surface area contributed by atoms with Crippen LogP contribution in [0.2, 0.25) is 0 Å². The van der Waals surface area contributed by atoms with Gasteiger partial charge in [-0.15, -0.1) is 0 Å². The summed E-state index contributed by atoms with van der Waals surface area (Å²) in [6.45, 7) is 0.0181. The van der Waals surface area contributed by atoms with Gasteiger partial charge in [0.25, 0.3) is 0 Å².